The first-order valence-electron chi connectivity index (χ1n) is 5.95. The molecule has 2 heteroatoms. The third kappa shape index (κ3) is 1.62. The van der Waals surface area contributed by atoms with Crippen LogP contribution in [-0.4, -0.2) is 4.40 Å². The fourth-order valence-corrected chi connectivity index (χ4v) is 2.25. The van der Waals surface area contributed by atoms with E-state index in [9.17, 15) is 0 Å². The van der Waals surface area contributed by atoms with Crippen molar-refractivity contribution in [3.63, 3.8) is 0 Å². The normalized spacial score (nSPS) is 10.9. The summed E-state index contributed by atoms with van der Waals surface area (Å²) in [6.45, 7) is 3.15. The number of hydrogen-bond donors (Lipinski definition) is 0. The molecular formula is C15H15N2+. The van der Waals surface area contributed by atoms with Crippen molar-refractivity contribution in [1.82, 2.24) is 4.40 Å². The van der Waals surface area contributed by atoms with E-state index in [1.54, 1.807) is 0 Å². The Labute approximate surface area is 101 Å². The largest absolute Gasteiger partial charge is 0.294 e. The molecule has 0 amide bonds. The molecule has 0 radical (unpaired) electrons. The number of pyridine rings is 1. The molecule has 2 aromatic heterocycles. The van der Waals surface area contributed by atoms with E-state index in [0.29, 0.717) is 0 Å². The van der Waals surface area contributed by atoms with Gasteiger partial charge >= 0.3 is 0 Å². The van der Waals surface area contributed by atoms with Gasteiger partial charge in [-0.3, -0.25) is 0 Å². The molecule has 0 N–H and O–H groups in total. The van der Waals surface area contributed by atoms with Gasteiger partial charge in [0, 0.05) is 0 Å². The Morgan fingerprint density at radius 1 is 1.00 bits per heavy atom. The number of benzene rings is 1. The molecule has 0 atom stereocenters. The minimum Gasteiger partial charge on any atom is -0.229 e. The predicted molar refractivity (Wildman–Crippen MR) is 68.7 cm³/mol. The van der Waals surface area contributed by atoms with E-state index in [0.717, 1.165) is 6.54 Å². The van der Waals surface area contributed by atoms with Crippen LogP contribution in [0, 0.1) is 0 Å². The quantitative estimate of drug-likeness (QED) is 0.590. The first kappa shape index (κ1) is 10.1. The lowest BCUT2D eigenvalue weighted by molar-refractivity contribution is -0.681. The topological polar surface area (TPSA) is 8.29 Å². The number of imidazole rings is 1. The van der Waals surface area contributed by atoms with E-state index in [1.807, 2.05) is 0 Å². The van der Waals surface area contributed by atoms with Crippen LogP contribution in [0.25, 0.3) is 16.9 Å². The number of aryl methyl sites for hydroxylation is 1. The zero-order valence-electron chi connectivity index (χ0n) is 9.88. The van der Waals surface area contributed by atoms with Crippen molar-refractivity contribution in [3.05, 3.63) is 60.9 Å². The molecule has 0 saturated heterocycles. The summed E-state index contributed by atoms with van der Waals surface area (Å²) in [7, 11) is 0. The Bertz CT molecular complexity index is 638. The molecule has 0 aliphatic heterocycles. The van der Waals surface area contributed by atoms with E-state index >= 15 is 0 Å². The molecule has 0 spiro atoms. The van der Waals surface area contributed by atoms with E-state index in [1.165, 1.54) is 16.9 Å². The summed E-state index contributed by atoms with van der Waals surface area (Å²) in [4.78, 5) is 0. The third-order valence-corrected chi connectivity index (χ3v) is 3.05. The maximum Gasteiger partial charge on any atom is 0.294 e. The van der Waals surface area contributed by atoms with Gasteiger partial charge in [-0.25, -0.2) is 4.57 Å². The SMILES string of the molecule is CC[n+]1cc2ccccn2c1-c1ccccc1. The maximum atomic E-state index is 2.28. The molecule has 0 bridgehead atoms. The van der Waals surface area contributed by atoms with Crippen LogP contribution in [0.1, 0.15) is 6.92 Å². The lowest BCUT2D eigenvalue weighted by atomic mass is 10.2. The summed E-state index contributed by atoms with van der Waals surface area (Å²) < 4.78 is 4.52. The van der Waals surface area contributed by atoms with Crippen molar-refractivity contribution in [2.75, 3.05) is 0 Å². The summed E-state index contributed by atoms with van der Waals surface area (Å²) in [5.74, 6) is 1.24. The van der Waals surface area contributed by atoms with Crippen molar-refractivity contribution in [3.8, 4) is 11.4 Å². The minimum absolute atomic E-state index is 0.978. The molecular weight excluding hydrogens is 208 g/mol. The van der Waals surface area contributed by atoms with Crippen LogP contribution in [0.3, 0.4) is 0 Å². The van der Waals surface area contributed by atoms with E-state index < -0.39 is 0 Å². The zero-order valence-corrected chi connectivity index (χ0v) is 9.88. The van der Waals surface area contributed by atoms with Gasteiger partial charge in [0.15, 0.2) is 5.52 Å². The highest BCUT2D eigenvalue weighted by molar-refractivity contribution is 5.58. The highest BCUT2D eigenvalue weighted by atomic mass is 15.1. The maximum absolute atomic E-state index is 2.28. The van der Waals surface area contributed by atoms with Crippen molar-refractivity contribution in [2.24, 2.45) is 0 Å². The number of hydrogen-bond acceptors (Lipinski definition) is 0. The second kappa shape index (κ2) is 4.06. The van der Waals surface area contributed by atoms with Gasteiger partial charge in [0.2, 0.25) is 0 Å². The Hall–Kier alpha value is -2.09. The third-order valence-electron chi connectivity index (χ3n) is 3.05. The van der Waals surface area contributed by atoms with E-state index in [2.05, 4.69) is 76.8 Å². The van der Waals surface area contributed by atoms with Gasteiger partial charge in [-0.15, -0.1) is 0 Å². The second-order valence-electron chi connectivity index (χ2n) is 4.10. The lowest BCUT2D eigenvalue weighted by Gasteiger charge is -1.98. The second-order valence-corrected chi connectivity index (χ2v) is 4.10. The molecule has 3 aromatic rings. The van der Waals surface area contributed by atoms with E-state index in [-0.39, 0.29) is 0 Å². The Morgan fingerprint density at radius 3 is 2.53 bits per heavy atom. The summed E-state index contributed by atoms with van der Waals surface area (Å²) in [6.07, 6.45) is 4.31. The van der Waals surface area contributed by atoms with E-state index in [4.69, 9.17) is 0 Å². The van der Waals surface area contributed by atoms with Crippen molar-refractivity contribution in [2.45, 2.75) is 13.5 Å². The van der Waals surface area contributed by atoms with Crippen LogP contribution >= 0.6 is 0 Å². The minimum atomic E-state index is 0.978. The Morgan fingerprint density at radius 2 is 1.76 bits per heavy atom. The smallest absolute Gasteiger partial charge is 0.229 e. The van der Waals surface area contributed by atoms with Crippen LogP contribution in [-0.2, 0) is 6.54 Å². The number of aromatic nitrogens is 2. The van der Waals surface area contributed by atoms with Crippen LogP contribution in [0.2, 0.25) is 0 Å². The summed E-state index contributed by atoms with van der Waals surface area (Å²) in [6, 6.07) is 16.8. The Kier molecular flexibility index (Phi) is 2.41. The molecule has 84 valence electrons. The van der Waals surface area contributed by atoms with Gasteiger partial charge in [-0.1, -0.05) is 24.3 Å². The average Bonchev–Trinajstić information content (AvgIpc) is 2.78. The molecule has 0 aliphatic carbocycles. The Balaban J connectivity index is 2.34. The molecule has 3 rings (SSSR count). The van der Waals surface area contributed by atoms with Crippen LogP contribution < -0.4 is 4.57 Å². The standard InChI is InChI=1S/C15H15N2/c1-2-16-12-14-10-6-7-11-17(14)15(16)13-8-4-3-5-9-13/h3-12H,2H2,1H3/q+1. The van der Waals surface area contributed by atoms with Gasteiger partial charge in [0.1, 0.15) is 6.20 Å². The van der Waals surface area contributed by atoms with Gasteiger partial charge < -0.3 is 0 Å². The zero-order chi connectivity index (χ0) is 11.7. The molecule has 17 heavy (non-hydrogen) atoms. The number of fused-ring (bicyclic) bond motifs is 1. The fourth-order valence-electron chi connectivity index (χ4n) is 2.25. The number of rotatable bonds is 2. The average molecular weight is 223 g/mol. The van der Waals surface area contributed by atoms with Crippen LogP contribution in [0.15, 0.2) is 60.9 Å². The van der Waals surface area contributed by atoms with Gasteiger partial charge in [0.25, 0.3) is 5.82 Å². The first-order valence-corrected chi connectivity index (χ1v) is 5.95. The highest BCUT2D eigenvalue weighted by Crippen LogP contribution is 2.17. The molecule has 2 heterocycles. The van der Waals surface area contributed by atoms with Crippen molar-refractivity contribution in [1.29, 1.82) is 0 Å². The lowest BCUT2D eigenvalue weighted by Crippen LogP contribution is -2.32. The van der Waals surface area contributed by atoms with Crippen LogP contribution in [0.4, 0.5) is 0 Å². The molecule has 0 fully saturated rings. The van der Waals surface area contributed by atoms with Crippen molar-refractivity contribution >= 4 is 5.52 Å². The fraction of sp³-hybridized carbons (Fsp3) is 0.133. The summed E-state index contributed by atoms with van der Waals surface area (Å²) >= 11 is 0. The first-order chi connectivity index (χ1) is 8.40. The molecule has 0 unspecified atom stereocenters. The van der Waals surface area contributed by atoms with Crippen LogP contribution in [0.5, 0.6) is 0 Å². The monoisotopic (exact) mass is 223 g/mol. The molecule has 1 aromatic carbocycles. The summed E-state index contributed by atoms with van der Waals surface area (Å²) in [5, 5.41) is 0. The number of nitrogens with zero attached hydrogens (tertiary/aromatic N) is 2. The molecule has 0 saturated carbocycles. The summed E-state index contributed by atoms with van der Waals surface area (Å²) in [5.41, 5.74) is 2.48. The highest BCUT2D eigenvalue weighted by Gasteiger charge is 2.17. The predicted octanol–water partition coefficient (Wildman–Crippen LogP) is 2.91. The van der Waals surface area contributed by atoms with Crippen molar-refractivity contribution < 1.29 is 4.57 Å². The van der Waals surface area contributed by atoms with Gasteiger partial charge in [-0.2, -0.15) is 4.40 Å². The molecule has 2 nitrogen and oxygen atoms in total. The van der Waals surface area contributed by atoms with Gasteiger partial charge in [0.05, 0.1) is 18.3 Å². The molecule has 0 aliphatic rings. The van der Waals surface area contributed by atoms with Gasteiger partial charge in [-0.05, 0) is 31.2 Å².